The molecule has 1 aromatic rings. The van der Waals surface area contributed by atoms with E-state index in [-0.39, 0.29) is 11.2 Å². The zero-order valence-electron chi connectivity index (χ0n) is 18.2. The molecule has 1 atom stereocenters. The predicted molar refractivity (Wildman–Crippen MR) is 121 cm³/mol. The highest BCUT2D eigenvalue weighted by Gasteiger charge is 2.44. The summed E-state index contributed by atoms with van der Waals surface area (Å²) in [5, 5.41) is 10.7. The molecule has 31 heavy (non-hydrogen) atoms. The van der Waals surface area contributed by atoms with Crippen LogP contribution in [-0.2, 0) is 9.53 Å². The Morgan fingerprint density at radius 3 is 2.48 bits per heavy atom. The van der Waals surface area contributed by atoms with E-state index in [9.17, 15) is 10.1 Å². The van der Waals surface area contributed by atoms with E-state index in [2.05, 4.69) is 19.9 Å². The second-order valence-corrected chi connectivity index (χ2v) is 9.35. The molecule has 1 heterocycles. The minimum absolute atomic E-state index is 0.0000430. The quantitative estimate of drug-likeness (QED) is 0.652. The third-order valence-corrected chi connectivity index (χ3v) is 6.21. The molecule has 0 aromatic heterocycles. The molecular formula is C23H27Cl2N3O3. The maximum absolute atomic E-state index is 13.4. The van der Waals surface area contributed by atoms with Crippen molar-refractivity contribution in [1.29, 1.82) is 5.26 Å². The summed E-state index contributed by atoms with van der Waals surface area (Å²) in [4.78, 5) is 15.2. The number of ketones is 1. The van der Waals surface area contributed by atoms with Crippen molar-refractivity contribution in [2.75, 3.05) is 26.9 Å². The molecule has 166 valence electrons. The minimum atomic E-state index is -0.631. The maximum Gasteiger partial charge on any atom is 0.162 e. The van der Waals surface area contributed by atoms with Crippen LogP contribution in [0.1, 0.15) is 45.1 Å². The Morgan fingerprint density at radius 2 is 1.94 bits per heavy atom. The number of benzene rings is 1. The molecule has 6 nitrogen and oxygen atoms in total. The number of rotatable bonds is 6. The summed E-state index contributed by atoms with van der Waals surface area (Å²) in [7, 11) is 1.60. The molecular weight excluding hydrogens is 437 g/mol. The zero-order valence-corrected chi connectivity index (χ0v) is 19.7. The molecule has 2 N–H and O–H groups in total. The molecule has 0 fully saturated rings. The highest BCUT2D eigenvalue weighted by Crippen LogP contribution is 2.50. The Hall–Kier alpha value is -2.20. The first-order chi connectivity index (χ1) is 14.6. The van der Waals surface area contributed by atoms with Gasteiger partial charge in [0.1, 0.15) is 5.82 Å². The van der Waals surface area contributed by atoms with E-state index in [1.807, 2.05) is 11.8 Å². The molecule has 1 aromatic carbocycles. The summed E-state index contributed by atoms with van der Waals surface area (Å²) >= 11 is 12.9. The van der Waals surface area contributed by atoms with E-state index >= 15 is 0 Å². The number of Topliss-reactive ketones (excluding diaryl/α,β-unsaturated/α-hetero) is 1. The molecule has 1 aliphatic carbocycles. The van der Waals surface area contributed by atoms with E-state index in [0.717, 1.165) is 5.70 Å². The van der Waals surface area contributed by atoms with Gasteiger partial charge in [0, 0.05) is 31.3 Å². The topological polar surface area (TPSA) is 88.6 Å². The van der Waals surface area contributed by atoms with Crippen LogP contribution in [0.2, 0.25) is 10.0 Å². The molecule has 0 saturated heterocycles. The summed E-state index contributed by atoms with van der Waals surface area (Å²) in [5.74, 6) is 0.0796. The van der Waals surface area contributed by atoms with Crippen LogP contribution >= 0.6 is 23.2 Å². The molecule has 0 amide bonds. The monoisotopic (exact) mass is 463 g/mol. The Labute approximate surface area is 193 Å². The molecule has 3 rings (SSSR count). The van der Waals surface area contributed by atoms with Crippen LogP contribution in [0.15, 0.2) is 34.8 Å². The number of nitrogens with zero attached hydrogens (tertiary/aromatic N) is 2. The molecule has 1 aliphatic heterocycles. The van der Waals surface area contributed by atoms with Crippen molar-refractivity contribution >= 4 is 29.0 Å². The Morgan fingerprint density at radius 1 is 1.29 bits per heavy atom. The molecule has 0 saturated carbocycles. The number of ether oxygens (including phenoxy) is 2. The molecule has 8 heteroatoms. The van der Waals surface area contributed by atoms with Crippen LogP contribution in [0, 0.1) is 16.7 Å². The van der Waals surface area contributed by atoms with Gasteiger partial charge in [-0.1, -0.05) is 37.0 Å². The van der Waals surface area contributed by atoms with Crippen molar-refractivity contribution < 1.29 is 14.3 Å². The average molecular weight is 464 g/mol. The molecule has 2 aliphatic rings. The van der Waals surface area contributed by atoms with E-state index in [4.69, 9.17) is 38.4 Å². The number of nitrogens with two attached hydrogens (primary N) is 1. The van der Waals surface area contributed by atoms with Crippen molar-refractivity contribution in [2.45, 2.75) is 39.5 Å². The highest BCUT2D eigenvalue weighted by molar-refractivity contribution is 6.37. The summed E-state index contributed by atoms with van der Waals surface area (Å²) in [5.41, 5.74) is 8.63. The predicted octanol–water partition coefficient (Wildman–Crippen LogP) is 4.77. The van der Waals surface area contributed by atoms with Crippen LogP contribution in [0.25, 0.3) is 0 Å². The lowest BCUT2D eigenvalue weighted by molar-refractivity contribution is -0.118. The molecule has 0 radical (unpaired) electrons. The number of methoxy groups -OCH3 is 1. The first-order valence-electron chi connectivity index (χ1n) is 10.2. The lowest BCUT2D eigenvalue weighted by atomic mass is 9.68. The molecule has 0 bridgehead atoms. The Kier molecular flexibility index (Phi) is 6.90. The Bertz CT molecular complexity index is 985. The van der Waals surface area contributed by atoms with E-state index < -0.39 is 5.92 Å². The van der Waals surface area contributed by atoms with Crippen LogP contribution in [0.4, 0.5) is 0 Å². The largest absolute Gasteiger partial charge is 0.491 e. The van der Waals surface area contributed by atoms with Crippen LogP contribution in [0.3, 0.4) is 0 Å². The lowest BCUT2D eigenvalue weighted by Crippen LogP contribution is -2.43. The second kappa shape index (κ2) is 9.12. The zero-order chi connectivity index (χ0) is 22.9. The van der Waals surface area contributed by atoms with E-state index in [1.165, 1.54) is 0 Å². The number of hydrogen-bond acceptors (Lipinski definition) is 6. The summed E-state index contributed by atoms with van der Waals surface area (Å²) in [6.45, 7) is 7.23. The van der Waals surface area contributed by atoms with Crippen LogP contribution in [-0.4, -0.2) is 37.6 Å². The van der Waals surface area contributed by atoms with Crippen molar-refractivity contribution in [2.24, 2.45) is 11.1 Å². The van der Waals surface area contributed by atoms with Gasteiger partial charge in [0.05, 0.1) is 40.8 Å². The number of hydrogen-bond donors (Lipinski definition) is 1. The fourth-order valence-electron chi connectivity index (χ4n) is 4.37. The van der Waals surface area contributed by atoms with Gasteiger partial charge in [-0.05, 0) is 36.5 Å². The summed E-state index contributed by atoms with van der Waals surface area (Å²) in [6, 6.07) is 5.64. The third kappa shape index (κ3) is 4.41. The Balaban J connectivity index is 2.23. The second-order valence-electron chi connectivity index (χ2n) is 8.54. The van der Waals surface area contributed by atoms with Gasteiger partial charge in [-0.15, -0.1) is 0 Å². The van der Waals surface area contributed by atoms with Crippen molar-refractivity contribution in [3.8, 4) is 11.8 Å². The normalized spacial score (nSPS) is 20.6. The molecule has 0 unspecified atom stereocenters. The lowest BCUT2D eigenvalue weighted by Gasteiger charge is -2.43. The van der Waals surface area contributed by atoms with Crippen molar-refractivity contribution in [1.82, 2.24) is 4.90 Å². The number of halogens is 2. The van der Waals surface area contributed by atoms with Crippen molar-refractivity contribution in [3.63, 3.8) is 0 Å². The minimum Gasteiger partial charge on any atom is -0.491 e. The van der Waals surface area contributed by atoms with Gasteiger partial charge in [0.25, 0.3) is 0 Å². The smallest absolute Gasteiger partial charge is 0.162 e. The van der Waals surface area contributed by atoms with Gasteiger partial charge in [-0.2, -0.15) is 5.26 Å². The first kappa shape index (κ1) is 23.5. The van der Waals surface area contributed by atoms with Gasteiger partial charge in [-0.25, -0.2) is 0 Å². The number of carbonyl (C=O) groups is 1. The van der Waals surface area contributed by atoms with E-state index in [0.29, 0.717) is 70.9 Å². The first-order valence-corrected chi connectivity index (χ1v) is 10.9. The number of allylic oxidation sites excluding steroid dienone is 3. The van der Waals surface area contributed by atoms with Crippen LogP contribution in [0.5, 0.6) is 5.75 Å². The van der Waals surface area contributed by atoms with Gasteiger partial charge in [-0.3, -0.25) is 4.79 Å². The number of carbonyl (C=O) groups excluding carboxylic acids is 1. The summed E-state index contributed by atoms with van der Waals surface area (Å²) < 4.78 is 10.8. The third-order valence-electron chi connectivity index (χ3n) is 5.65. The summed E-state index contributed by atoms with van der Waals surface area (Å²) in [6.07, 6.45) is 1.05. The van der Waals surface area contributed by atoms with Gasteiger partial charge >= 0.3 is 0 Å². The average Bonchev–Trinajstić information content (AvgIpc) is 2.68. The SMILES string of the molecule is CCOc1c(Cl)cc([C@H]2C(C#N)=C(N)N(CCOC)C3=C2C(=O)CC(C)(C)C3)cc1Cl. The van der Waals surface area contributed by atoms with Crippen LogP contribution < -0.4 is 10.5 Å². The highest BCUT2D eigenvalue weighted by atomic mass is 35.5. The number of nitriles is 1. The maximum atomic E-state index is 13.4. The van der Waals surface area contributed by atoms with Gasteiger partial charge in [0.15, 0.2) is 11.5 Å². The standard InChI is InChI=1S/C23H27Cl2N3O3/c1-5-31-21-15(24)8-13(9-16(21)25)19-14(12-26)22(27)28(6-7-30-4)17-10-23(2,3)11-18(29)20(17)19/h8-9,19H,5-7,10-11,27H2,1-4H3/t19-/m0/s1. The fourth-order valence-corrected chi connectivity index (χ4v) is 4.99. The van der Waals surface area contributed by atoms with E-state index in [1.54, 1.807) is 19.2 Å². The molecule has 0 spiro atoms. The van der Waals surface area contributed by atoms with Crippen molar-refractivity contribution in [3.05, 3.63) is 50.4 Å². The van der Waals surface area contributed by atoms with Gasteiger partial charge in [0.2, 0.25) is 0 Å². The fraction of sp³-hybridized carbons (Fsp3) is 0.478. The van der Waals surface area contributed by atoms with Gasteiger partial charge < -0.3 is 20.1 Å².